The monoisotopic (exact) mass is 474 g/mol. The first-order chi connectivity index (χ1) is 15.3. The van der Waals surface area contributed by atoms with Gasteiger partial charge in [-0.3, -0.25) is 0 Å². The molecule has 0 radical (unpaired) electrons. The molecule has 0 fully saturated rings. The normalized spacial score (nSPS) is 20.0. The van der Waals surface area contributed by atoms with Gasteiger partial charge in [0.05, 0.1) is 23.2 Å². The number of ether oxygens (including phenoxy) is 2. The molecule has 0 bridgehead atoms. The van der Waals surface area contributed by atoms with Crippen molar-refractivity contribution >= 4 is 27.7 Å². The van der Waals surface area contributed by atoms with Crippen LogP contribution in [0.2, 0.25) is 0 Å². The van der Waals surface area contributed by atoms with Crippen molar-refractivity contribution in [3.63, 3.8) is 0 Å². The highest BCUT2D eigenvalue weighted by Gasteiger charge is 2.26. The molecule has 5 heteroatoms. The average molecular weight is 475 g/mol. The van der Waals surface area contributed by atoms with Crippen LogP contribution < -0.4 is 0 Å². The van der Waals surface area contributed by atoms with Gasteiger partial charge in [-0.05, 0) is 52.0 Å². The van der Waals surface area contributed by atoms with Crippen LogP contribution in [-0.4, -0.2) is 37.1 Å². The minimum absolute atomic E-state index is 0.128. The Kier molecular flexibility index (Phi) is 5.85. The molecule has 0 amide bonds. The lowest BCUT2D eigenvalue weighted by atomic mass is 10.1. The van der Waals surface area contributed by atoms with E-state index in [1.54, 1.807) is 0 Å². The Morgan fingerprint density at radius 1 is 0.645 bits per heavy atom. The molecule has 31 heavy (non-hydrogen) atoms. The zero-order chi connectivity index (χ0) is 21.0. The molecule has 156 valence electrons. The SMILES string of the molecule is Brc1c(C2=NC(Cc3ccccc3)CO2)cccc1C1=NC(Cc2ccccc2)CO1. The van der Waals surface area contributed by atoms with Crippen LogP contribution in [0.4, 0.5) is 0 Å². The lowest BCUT2D eigenvalue weighted by molar-refractivity contribution is 0.316. The third-order valence-electron chi connectivity index (χ3n) is 5.51. The number of halogens is 1. The number of hydrogen-bond donors (Lipinski definition) is 0. The zero-order valence-electron chi connectivity index (χ0n) is 17.1. The highest BCUT2D eigenvalue weighted by Crippen LogP contribution is 2.28. The lowest BCUT2D eigenvalue weighted by Crippen LogP contribution is -2.10. The molecule has 0 saturated heterocycles. The van der Waals surface area contributed by atoms with E-state index in [1.165, 1.54) is 11.1 Å². The minimum atomic E-state index is 0.128. The molecule has 0 saturated carbocycles. The Bertz CT molecular complexity index is 1030. The van der Waals surface area contributed by atoms with Gasteiger partial charge in [0.25, 0.3) is 0 Å². The van der Waals surface area contributed by atoms with Gasteiger partial charge in [0.2, 0.25) is 11.8 Å². The zero-order valence-corrected chi connectivity index (χ0v) is 18.7. The predicted octanol–water partition coefficient (Wildman–Crippen LogP) is 5.23. The van der Waals surface area contributed by atoms with Gasteiger partial charge in [0.15, 0.2) is 0 Å². The molecule has 0 aromatic heterocycles. The summed E-state index contributed by atoms with van der Waals surface area (Å²) in [4.78, 5) is 9.67. The summed E-state index contributed by atoms with van der Waals surface area (Å²) in [5, 5.41) is 0. The minimum Gasteiger partial charge on any atom is -0.475 e. The van der Waals surface area contributed by atoms with Crippen molar-refractivity contribution in [1.82, 2.24) is 0 Å². The fourth-order valence-electron chi connectivity index (χ4n) is 3.97. The van der Waals surface area contributed by atoms with Crippen molar-refractivity contribution in [3.8, 4) is 0 Å². The Hall–Kier alpha value is -2.92. The van der Waals surface area contributed by atoms with Crippen LogP contribution in [0, 0.1) is 0 Å². The van der Waals surface area contributed by atoms with Crippen LogP contribution in [0.5, 0.6) is 0 Å². The van der Waals surface area contributed by atoms with Gasteiger partial charge in [0.1, 0.15) is 13.2 Å². The maximum absolute atomic E-state index is 5.96. The van der Waals surface area contributed by atoms with Crippen LogP contribution in [0.15, 0.2) is 93.3 Å². The van der Waals surface area contributed by atoms with E-state index in [1.807, 2.05) is 30.3 Å². The average Bonchev–Trinajstić information content (AvgIpc) is 3.45. The van der Waals surface area contributed by atoms with E-state index in [-0.39, 0.29) is 12.1 Å². The standard InChI is InChI=1S/C26H23BrN2O2/c27-24-22(25-28-20(16-30-25)14-18-8-3-1-4-9-18)12-7-13-23(24)26-29-21(17-31-26)15-19-10-5-2-6-11-19/h1-13,20-21H,14-17H2. The quantitative estimate of drug-likeness (QED) is 0.491. The van der Waals surface area contributed by atoms with Gasteiger partial charge < -0.3 is 9.47 Å². The van der Waals surface area contributed by atoms with Crippen LogP contribution in [0.3, 0.4) is 0 Å². The van der Waals surface area contributed by atoms with Gasteiger partial charge >= 0.3 is 0 Å². The summed E-state index contributed by atoms with van der Waals surface area (Å²) in [5.74, 6) is 1.35. The number of benzene rings is 3. The lowest BCUT2D eigenvalue weighted by Gasteiger charge is -2.09. The summed E-state index contributed by atoms with van der Waals surface area (Å²) in [5.41, 5.74) is 4.41. The summed E-state index contributed by atoms with van der Waals surface area (Å²) < 4.78 is 12.8. The first kappa shape index (κ1) is 20.0. The highest BCUT2D eigenvalue weighted by atomic mass is 79.9. The largest absolute Gasteiger partial charge is 0.475 e. The molecule has 4 nitrogen and oxygen atoms in total. The number of hydrogen-bond acceptors (Lipinski definition) is 4. The maximum atomic E-state index is 5.96. The van der Waals surface area contributed by atoms with E-state index in [2.05, 4.69) is 64.5 Å². The number of nitrogens with zero attached hydrogens (tertiary/aromatic N) is 2. The molecule has 5 rings (SSSR count). The topological polar surface area (TPSA) is 43.2 Å². The Labute approximate surface area is 190 Å². The molecule has 0 aliphatic carbocycles. The molecule has 2 aliphatic rings. The van der Waals surface area contributed by atoms with Gasteiger partial charge in [-0.2, -0.15) is 0 Å². The molecule has 2 heterocycles. The molecule has 2 unspecified atom stereocenters. The van der Waals surface area contributed by atoms with Crippen LogP contribution in [0.1, 0.15) is 22.3 Å². The van der Waals surface area contributed by atoms with Crippen molar-refractivity contribution in [2.24, 2.45) is 9.98 Å². The fourth-order valence-corrected chi connectivity index (χ4v) is 4.57. The van der Waals surface area contributed by atoms with Gasteiger partial charge in [-0.1, -0.05) is 66.7 Å². The molecule has 3 aromatic carbocycles. The van der Waals surface area contributed by atoms with Gasteiger partial charge in [-0.25, -0.2) is 9.98 Å². The highest BCUT2D eigenvalue weighted by molar-refractivity contribution is 9.10. The van der Waals surface area contributed by atoms with Crippen LogP contribution in [0.25, 0.3) is 0 Å². The predicted molar refractivity (Wildman–Crippen MR) is 127 cm³/mol. The van der Waals surface area contributed by atoms with Gasteiger partial charge in [0, 0.05) is 4.47 Å². The summed E-state index contributed by atoms with van der Waals surface area (Å²) in [7, 11) is 0. The molecule has 2 aliphatic heterocycles. The summed E-state index contributed by atoms with van der Waals surface area (Å²) in [6.07, 6.45) is 1.75. The first-order valence-corrected chi connectivity index (χ1v) is 11.3. The molecule has 2 atom stereocenters. The van der Waals surface area contributed by atoms with Crippen molar-refractivity contribution < 1.29 is 9.47 Å². The molecular weight excluding hydrogens is 452 g/mol. The second kappa shape index (κ2) is 9.06. The van der Waals surface area contributed by atoms with E-state index in [0.29, 0.717) is 25.0 Å². The van der Waals surface area contributed by atoms with Crippen molar-refractivity contribution in [2.45, 2.75) is 24.9 Å². The molecular formula is C26H23BrN2O2. The van der Waals surface area contributed by atoms with Crippen LogP contribution in [-0.2, 0) is 22.3 Å². The van der Waals surface area contributed by atoms with Gasteiger partial charge in [-0.15, -0.1) is 0 Å². The smallest absolute Gasteiger partial charge is 0.217 e. The number of aliphatic imine (C=N–C) groups is 2. The Morgan fingerprint density at radius 3 is 1.55 bits per heavy atom. The van der Waals surface area contributed by atoms with E-state index >= 15 is 0 Å². The van der Waals surface area contributed by atoms with Crippen molar-refractivity contribution in [1.29, 1.82) is 0 Å². The van der Waals surface area contributed by atoms with Crippen molar-refractivity contribution in [2.75, 3.05) is 13.2 Å². The van der Waals surface area contributed by atoms with E-state index < -0.39 is 0 Å². The van der Waals surface area contributed by atoms with Crippen molar-refractivity contribution in [3.05, 3.63) is 106 Å². The summed E-state index contributed by atoms with van der Waals surface area (Å²) in [6, 6.07) is 27.1. The second-order valence-corrected chi connectivity index (χ2v) is 8.64. The maximum Gasteiger partial charge on any atom is 0.217 e. The third-order valence-corrected chi connectivity index (χ3v) is 6.37. The Balaban J connectivity index is 1.34. The number of rotatable bonds is 6. The second-order valence-electron chi connectivity index (χ2n) is 7.84. The molecule has 0 spiro atoms. The molecule has 3 aromatic rings. The van der Waals surface area contributed by atoms with E-state index in [0.717, 1.165) is 28.4 Å². The van der Waals surface area contributed by atoms with E-state index in [9.17, 15) is 0 Å². The fraction of sp³-hybridized carbons (Fsp3) is 0.231. The third kappa shape index (κ3) is 4.57. The molecule has 0 N–H and O–H groups in total. The van der Waals surface area contributed by atoms with E-state index in [4.69, 9.17) is 19.5 Å². The first-order valence-electron chi connectivity index (χ1n) is 10.5. The summed E-state index contributed by atoms with van der Waals surface area (Å²) in [6.45, 7) is 1.19. The van der Waals surface area contributed by atoms with Crippen LogP contribution >= 0.6 is 15.9 Å². The summed E-state index contributed by atoms with van der Waals surface area (Å²) >= 11 is 3.75. The Morgan fingerprint density at radius 2 is 1.10 bits per heavy atom.